The number of rotatable bonds is 4. The molecular weight excluding hydrogens is 410 g/mol. The number of nitrogens with one attached hydrogen (secondary N) is 1. The van der Waals surface area contributed by atoms with Crippen molar-refractivity contribution < 1.29 is 14.6 Å². The molecule has 1 aromatic heterocycles. The van der Waals surface area contributed by atoms with Crippen molar-refractivity contribution >= 4 is 35.1 Å². The number of amides is 1. The summed E-state index contributed by atoms with van der Waals surface area (Å²) >= 11 is 7.90. The normalized spacial score (nSPS) is 16.1. The molecule has 29 heavy (non-hydrogen) atoms. The Hall–Kier alpha value is -2.64. The third kappa shape index (κ3) is 3.68. The molecule has 1 atom stereocenters. The Bertz CT molecular complexity index is 1080. The second-order valence-corrected chi connectivity index (χ2v) is 8.11. The largest absolute Gasteiger partial charge is 0.504 e. The van der Waals surface area contributed by atoms with Crippen molar-refractivity contribution in [1.29, 1.82) is 0 Å². The summed E-state index contributed by atoms with van der Waals surface area (Å²) < 4.78 is 7.24. The number of anilines is 1. The molecule has 0 radical (unpaired) electrons. The molecule has 4 rings (SSSR count). The van der Waals surface area contributed by atoms with E-state index in [1.165, 1.54) is 11.8 Å². The summed E-state index contributed by atoms with van der Waals surface area (Å²) in [6.45, 7) is 4.23. The number of ether oxygens (including phenoxy) is 1. The number of phenols is 1. The van der Waals surface area contributed by atoms with Gasteiger partial charge in [0.05, 0.1) is 34.0 Å². The number of nitrogens with zero attached hydrogens (tertiary/aromatic N) is 2. The number of hydrogen-bond donors (Lipinski definition) is 2. The number of hydrogen-bond acceptors (Lipinski definition) is 5. The van der Waals surface area contributed by atoms with E-state index in [9.17, 15) is 9.90 Å². The lowest BCUT2D eigenvalue weighted by Crippen LogP contribution is -2.16. The number of benzene rings is 2. The Balaban J connectivity index is 1.88. The molecule has 0 saturated carbocycles. The van der Waals surface area contributed by atoms with Gasteiger partial charge >= 0.3 is 0 Å². The molecule has 1 unspecified atom stereocenters. The van der Waals surface area contributed by atoms with Gasteiger partial charge in [-0.05, 0) is 43.7 Å². The van der Waals surface area contributed by atoms with E-state index in [0.717, 1.165) is 16.8 Å². The van der Waals surface area contributed by atoms with Gasteiger partial charge in [0.2, 0.25) is 5.91 Å². The van der Waals surface area contributed by atoms with Crippen molar-refractivity contribution in [3.05, 3.63) is 64.3 Å². The number of thioether (sulfide) groups is 1. The molecule has 6 nitrogen and oxygen atoms in total. The van der Waals surface area contributed by atoms with Gasteiger partial charge in [-0.1, -0.05) is 29.8 Å². The van der Waals surface area contributed by atoms with Gasteiger partial charge in [-0.2, -0.15) is 5.10 Å². The van der Waals surface area contributed by atoms with Crippen LogP contribution >= 0.6 is 23.4 Å². The highest BCUT2D eigenvalue weighted by Gasteiger charge is 2.31. The van der Waals surface area contributed by atoms with Crippen LogP contribution in [0.4, 0.5) is 5.82 Å². The topological polar surface area (TPSA) is 76.4 Å². The average molecular weight is 430 g/mol. The number of aromatic hydroxyl groups is 1. The summed E-state index contributed by atoms with van der Waals surface area (Å²) in [4.78, 5) is 12.5. The fraction of sp³-hybridized carbons (Fsp3) is 0.238. The van der Waals surface area contributed by atoms with E-state index in [1.807, 2.05) is 44.2 Å². The van der Waals surface area contributed by atoms with Crippen LogP contribution in [0.3, 0.4) is 0 Å². The van der Waals surface area contributed by atoms with Crippen LogP contribution in [0.15, 0.2) is 42.5 Å². The van der Waals surface area contributed by atoms with E-state index in [4.69, 9.17) is 16.3 Å². The first-order chi connectivity index (χ1) is 14.0. The van der Waals surface area contributed by atoms with E-state index in [-0.39, 0.29) is 16.9 Å². The van der Waals surface area contributed by atoms with Crippen LogP contribution in [-0.4, -0.2) is 33.2 Å². The van der Waals surface area contributed by atoms with E-state index >= 15 is 0 Å². The quantitative estimate of drug-likeness (QED) is 0.627. The molecule has 150 valence electrons. The Morgan fingerprint density at radius 1 is 1.34 bits per heavy atom. The second-order valence-electron chi connectivity index (χ2n) is 6.61. The predicted octanol–water partition coefficient (Wildman–Crippen LogP) is 4.71. The Morgan fingerprint density at radius 3 is 2.90 bits per heavy atom. The maximum absolute atomic E-state index is 12.5. The maximum Gasteiger partial charge on any atom is 0.235 e. The standard InChI is InChI=1S/C21H20ClN3O3S/c1-3-28-17-10-13(8-9-16(17)26)20-19-12(2)24-25(15-7-5-4-6-14(15)22)21(19)23-18(27)11-29-20/h4-10,20,26H,3,11H2,1-2H3,(H,23,27). The molecule has 0 aliphatic carbocycles. The van der Waals surface area contributed by atoms with E-state index in [2.05, 4.69) is 10.4 Å². The number of carbonyl (C=O) groups is 1. The molecule has 1 aliphatic rings. The van der Waals surface area contributed by atoms with E-state index in [1.54, 1.807) is 16.8 Å². The lowest BCUT2D eigenvalue weighted by Gasteiger charge is -2.17. The lowest BCUT2D eigenvalue weighted by molar-refractivity contribution is -0.113. The first-order valence-corrected chi connectivity index (χ1v) is 10.6. The summed E-state index contributed by atoms with van der Waals surface area (Å²) in [5.74, 6) is 1.32. The Kier molecular flexibility index (Phi) is 5.43. The minimum absolute atomic E-state index is 0.0899. The van der Waals surface area contributed by atoms with Gasteiger partial charge < -0.3 is 15.2 Å². The average Bonchev–Trinajstić information content (AvgIpc) is 2.90. The summed E-state index contributed by atoms with van der Waals surface area (Å²) in [5.41, 5.74) is 3.33. The predicted molar refractivity (Wildman–Crippen MR) is 116 cm³/mol. The first-order valence-electron chi connectivity index (χ1n) is 9.21. The van der Waals surface area contributed by atoms with Crippen LogP contribution in [-0.2, 0) is 4.79 Å². The van der Waals surface area contributed by atoms with Gasteiger partial charge in [0, 0.05) is 5.56 Å². The van der Waals surface area contributed by atoms with Crippen molar-refractivity contribution in [2.75, 3.05) is 17.7 Å². The van der Waals surface area contributed by atoms with Crippen molar-refractivity contribution in [2.24, 2.45) is 0 Å². The van der Waals surface area contributed by atoms with Gasteiger partial charge in [0.25, 0.3) is 0 Å². The monoisotopic (exact) mass is 429 g/mol. The number of aryl methyl sites for hydroxylation is 1. The van der Waals surface area contributed by atoms with Crippen LogP contribution in [0.1, 0.15) is 29.0 Å². The smallest absolute Gasteiger partial charge is 0.235 e. The van der Waals surface area contributed by atoms with Gasteiger partial charge in [-0.3, -0.25) is 4.79 Å². The molecule has 3 aromatic rings. The highest BCUT2D eigenvalue weighted by molar-refractivity contribution is 8.00. The third-order valence-corrected chi connectivity index (χ3v) is 6.26. The molecule has 0 spiro atoms. The number of carbonyl (C=O) groups excluding carboxylic acids is 1. The maximum atomic E-state index is 12.5. The van der Waals surface area contributed by atoms with Gasteiger partial charge in [-0.25, -0.2) is 4.68 Å². The highest BCUT2D eigenvalue weighted by Crippen LogP contribution is 2.45. The minimum Gasteiger partial charge on any atom is -0.504 e. The molecule has 1 aliphatic heterocycles. The van der Waals surface area contributed by atoms with Crippen LogP contribution < -0.4 is 10.1 Å². The van der Waals surface area contributed by atoms with Crippen LogP contribution in [0, 0.1) is 6.92 Å². The van der Waals surface area contributed by atoms with Gasteiger partial charge in [0.15, 0.2) is 11.5 Å². The number of fused-ring (bicyclic) bond motifs is 1. The van der Waals surface area contributed by atoms with Crippen molar-refractivity contribution in [1.82, 2.24) is 9.78 Å². The molecule has 2 aromatic carbocycles. The lowest BCUT2D eigenvalue weighted by atomic mass is 10.0. The number of para-hydroxylation sites is 1. The van der Waals surface area contributed by atoms with E-state index in [0.29, 0.717) is 34.6 Å². The molecular formula is C21H20ClN3O3S. The van der Waals surface area contributed by atoms with Crippen molar-refractivity contribution in [3.8, 4) is 17.2 Å². The Labute approximate surface area is 177 Å². The first kappa shape index (κ1) is 19.7. The summed E-state index contributed by atoms with van der Waals surface area (Å²) in [6, 6.07) is 12.7. The number of phenolic OH excluding ortho intramolecular Hbond substituents is 1. The fourth-order valence-corrected chi connectivity index (χ4v) is 4.80. The zero-order valence-electron chi connectivity index (χ0n) is 16.0. The van der Waals surface area contributed by atoms with Crippen LogP contribution in [0.25, 0.3) is 5.69 Å². The summed E-state index contributed by atoms with van der Waals surface area (Å²) in [6.07, 6.45) is 0. The van der Waals surface area contributed by atoms with Crippen LogP contribution in [0.5, 0.6) is 11.5 Å². The zero-order valence-corrected chi connectivity index (χ0v) is 17.5. The third-order valence-electron chi connectivity index (χ3n) is 4.67. The minimum atomic E-state index is -0.153. The van der Waals surface area contributed by atoms with E-state index < -0.39 is 0 Å². The molecule has 2 N–H and O–H groups in total. The Morgan fingerprint density at radius 2 is 2.14 bits per heavy atom. The van der Waals surface area contributed by atoms with Gasteiger partial charge in [0.1, 0.15) is 5.82 Å². The number of aromatic nitrogens is 2. The summed E-state index contributed by atoms with van der Waals surface area (Å²) in [5, 5.41) is 18.1. The van der Waals surface area contributed by atoms with Gasteiger partial charge in [-0.15, -0.1) is 11.8 Å². The number of halogens is 1. The fourth-order valence-electron chi connectivity index (χ4n) is 3.41. The molecule has 8 heteroatoms. The zero-order chi connectivity index (χ0) is 20.5. The molecule has 2 heterocycles. The second kappa shape index (κ2) is 8.00. The molecule has 0 fully saturated rings. The molecule has 1 amide bonds. The van der Waals surface area contributed by atoms with Crippen LogP contribution in [0.2, 0.25) is 5.02 Å². The van der Waals surface area contributed by atoms with Crippen molar-refractivity contribution in [3.63, 3.8) is 0 Å². The molecule has 0 bridgehead atoms. The highest BCUT2D eigenvalue weighted by atomic mass is 35.5. The summed E-state index contributed by atoms with van der Waals surface area (Å²) in [7, 11) is 0. The SMILES string of the molecule is CCOc1cc(C2SCC(=O)Nc3c2c(C)nn3-c2ccccc2Cl)ccc1O. The molecule has 0 saturated heterocycles. The van der Waals surface area contributed by atoms with Crippen molar-refractivity contribution in [2.45, 2.75) is 19.1 Å².